The van der Waals surface area contributed by atoms with Gasteiger partial charge in [0.25, 0.3) is 0 Å². The second kappa shape index (κ2) is 6.41. The molecular formula is C14H22O2. The molecule has 0 amide bonds. The van der Waals surface area contributed by atoms with Crippen LogP contribution in [0.4, 0.5) is 0 Å². The van der Waals surface area contributed by atoms with Crippen LogP contribution in [-0.4, -0.2) is 12.7 Å². The van der Waals surface area contributed by atoms with Crippen LogP contribution in [0.1, 0.15) is 34.1 Å². The van der Waals surface area contributed by atoms with Gasteiger partial charge >= 0.3 is 0 Å². The van der Waals surface area contributed by atoms with Crippen molar-refractivity contribution in [3.8, 4) is 11.5 Å². The van der Waals surface area contributed by atoms with Crippen molar-refractivity contribution in [2.75, 3.05) is 6.61 Å². The second-order valence-electron chi connectivity index (χ2n) is 4.67. The molecule has 0 bridgehead atoms. The van der Waals surface area contributed by atoms with Crippen molar-refractivity contribution in [2.45, 2.75) is 40.2 Å². The molecule has 16 heavy (non-hydrogen) atoms. The Labute approximate surface area is 98.6 Å². The van der Waals surface area contributed by atoms with Gasteiger partial charge < -0.3 is 9.47 Å². The van der Waals surface area contributed by atoms with Crippen molar-refractivity contribution in [1.82, 2.24) is 0 Å². The van der Waals surface area contributed by atoms with Crippen molar-refractivity contribution in [2.24, 2.45) is 5.92 Å². The lowest BCUT2D eigenvalue weighted by atomic mass is 10.1. The van der Waals surface area contributed by atoms with Crippen molar-refractivity contribution in [1.29, 1.82) is 0 Å². The first-order chi connectivity index (χ1) is 7.58. The molecule has 0 radical (unpaired) electrons. The van der Waals surface area contributed by atoms with Crippen LogP contribution >= 0.6 is 0 Å². The summed E-state index contributed by atoms with van der Waals surface area (Å²) >= 11 is 0. The molecule has 0 unspecified atom stereocenters. The third kappa shape index (κ3) is 5.06. The Morgan fingerprint density at radius 2 is 1.75 bits per heavy atom. The zero-order valence-corrected chi connectivity index (χ0v) is 10.7. The van der Waals surface area contributed by atoms with Gasteiger partial charge in [-0.2, -0.15) is 0 Å². The van der Waals surface area contributed by atoms with Gasteiger partial charge in [-0.25, -0.2) is 0 Å². The average molecular weight is 222 g/mol. The maximum absolute atomic E-state index is 5.66. The largest absolute Gasteiger partial charge is 0.493 e. The molecule has 0 aliphatic rings. The lowest BCUT2D eigenvalue weighted by molar-refractivity contribution is 0.239. The molecule has 1 aromatic rings. The summed E-state index contributed by atoms with van der Waals surface area (Å²) in [6, 6.07) is 7.82. The fraction of sp³-hybridized carbons (Fsp3) is 0.571. The maximum Gasteiger partial charge on any atom is 0.123 e. The van der Waals surface area contributed by atoms with Crippen LogP contribution in [0.25, 0.3) is 0 Å². The average Bonchev–Trinajstić information content (AvgIpc) is 2.16. The van der Waals surface area contributed by atoms with Crippen molar-refractivity contribution in [3.05, 3.63) is 24.3 Å². The molecule has 0 heterocycles. The summed E-state index contributed by atoms with van der Waals surface area (Å²) in [5.74, 6) is 2.44. The predicted molar refractivity (Wildman–Crippen MR) is 67.2 cm³/mol. The highest BCUT2D eigenvalue weighted by Crippen LogP contribution is 2.20. The minimum Gasteiger partial charge on any atom is -0.493 e. The molecule has 2 nitrogen and oxygen atoms in total. The fourth-order valence-corrected chi connectivity index (χ4v) is 1.32. The molecule has 0 saturated heterocycles. The van der Waals surface area contributed by atoms with E-state index >= 15 is 0 Å². The summed E-state index contributed by atoms with van der Waals surface area (Å²) < 4.78 is 11.3. The molecule has 0 aromatic heterocycles. The molecular weight excluding hydrogens is 200 g/mol. The standard InChI is InChI=1S/C14H22O2/c1-11(2)8-9-15-13-6-5-7-14(10-13)16-12(3)4/h5-7,10-12H,8-9H2,1-4H3. The Morgan fingerprint density at radius 1 is 1.06 bits per heavy atom. The summed E-state index contributed by atoms with van der Waals surface area (Å²) in [5, 5.41) is 0. The molecule has 1 aromatic carbocycles. The normalized spacial score (nSPS) is 10.9. The van der Waals surface area contributed by atoms with Crippen LogP contribution in [0.15, 0.2) is 24.3 Å². The van der Waals surface area contributed by atoms with Crippen molar-refractivity contribution in [3.63, 3.8) is 0 Å². The van der Waals surface area contributed by atoms with Gasteiger partial charge in [0.1, 0.15) is 11.5 Å². The minimum atomic E-state index is 0.200. The van der Waals surface area contributed by atoms with E-state index in [0.29, 0.717) is 5.92 Å². The third-order valence-corrected chi connectivity index (χ3v) is 2.14. The van der Waals surface area contributed by atoms with E-state index in [2.05, 4.69) is 13.8 Å². The van der Waals surface area contributed by atoms with E-state index in [4.69, 9.17) is 9.47 Å². The summed E-state index contributed by atoms with van der Waals surface area (Å²) in [4.78, 5) is 0. The Bertz CT molecular complexity index is 305. The zero-order chi connectivity index (χ0) is 12.0. The van der Waals surface area contributed by atoms with Gasteiger partial charge in [0.15, 0.2) is 0 Å². The summed E-state index contributed by atoms with van der Waals surface area (Å²) in [7, 11) is 0. The van der Waals surface area contributed by atoms with Crippen LogP contribution in [0, 0.1) is 5.92 Å². The highest BCUT2D eigenvalue weighted by atomic mass is 16.5. The van der Waals surface area contributed by atoms with Gasteiger partial charge in [0.2, 0.25) is 0 Å². The van der Waals surface area contributed by atoms with E-state index < -0.39 is 0 Å². The third-order valence-electron chi connectivity index (χ3n) is 2.14. The fourth-order valence-electron chi connectivity index (χ4n) is 1.32. The van der Waals surface area contributed by atoms with E-state index in [-0.39, 0.29) is 6.10 Å². The zero-order valence-electron chi connectivity index (χ0n) is 10.7. The summed E-state index contributed by atoms with van der Waals surface area (Å²) in [6.07, 6.45) is 1.28. The highest BCUT2D eigenvalue weighted by Gasteiger charge is 2.00. The van der Waals surface area contributed by atoms with E-state index in [1.165, 1.54) is 0 Å². The van der Waals surface area contributed by atoms with Crippen molar-refractivity contribution >= 4 is 0 Å². The molecule has 0 spiro atoms. The SMILES string of the molecule is CC(C)CCOc1cccc(OC(C)C)c1. The molecule has 1 rings (SSSR count). The predicted octanol–water partition coefficient (Wildman–Crippen LogP) is 3.90. The first-order valence-corrected chi connectivity index (χ1v) is 5.97. The van der Waals surface area contributed by atoms with Gasteiger partial charge in [-0.3, -0.25) is 0 Å². The molecule has 0 aliphatic heterocycles. The Balaban J connectivity index is 2.47. The maximum atomic E-state index is 5.66. The van der Waals surface area contributed by atoms with Gasteiger partial charge in [-0.1, -0.05) is 19.9 Å². The number of rotatable bonds is 6. The van der Waals surface area contributed by atoms with E-state index in [0.717, 1.165) is 24.5 Å². The summed E-state index contributed by atoms with van der Waals surface area (Å²) in [6.45, 7) is 9.20. The molecule has 2 heteroatoms. The molecule has 0 N–H and O–H groups in total. The molecule has 0 aliphatic carbocycles. The summed E-state index contributed by atoms with van der Waals surface area (Å²) in [5.41, 5.74) is 0. The Kier molecular flexibility index (Phi) is 5.17. The first kappa shape index (κ1) is 12.9. The lowest BCUT2D eigenvalue weighted by Crippen LogP contribution is -2.06. The van der Waals surface area contributed by atoms with Gasteiger partial charge in [0, 0.05) is 6.07 Å². The van der Waals surface area contributed by atoms with Gasteiger partial charge in [-0.05, 0) is 38.3 Å². The quantitative estimate of drug-likeness (QED) is 0.726. The molecule has 0 saturated carbocycles. The van der Waals surface area contributed by atoms with Crippen LogP contribution in [-0.2, 0) is 0 Å². The number of benzene rings is 1. The van der Waals surface area contributed by atoms with Crippen LogP contribution < -0.4 is 9.47 Å². The van der Waals surface area contributed by atoms with E-state index in [1.807, 2.05) is 38.1 Å². The Hall–Kier alpha value is -1.18. The number of ether oxygens (including phenoxy) is 2. The molecule has 0 atom stereocenters. The lowest BCUT2D eigenvalue weighted by Gasteiger charge is -2.12. The first-order valence-electron chi connectivity index (χ1n) is 5.97. The molecule has 90 valence electrons. The smallest absolute Gasteiger partial charge is 0.123 e. The topological polar surface area (TPSA) is 18.5 Å². The molecule has 0 fully saturated rings. The second-order valence-corrected chi connectivity index (χ2v) is 4.67. The number of hydrogen-bond acceptors (Lipinski definition) is 2. The van der Waals surface area contributed by atoms with Crippen LogP contribution in [0.5, 0.6) is 11.5 Å². The minimum absolute atomic E-state index is 0.200. The monoisotopic (exact) mass is 222 g/mol. The number of hydrogen-bond donors (Lipinski definition) is 0. The van der Waals surface area contributed by atoms with Gasteiger partial charge in [-0.15, -0.1) is 0 Å². The van der Waals surface area contributed by atoms with Crippen LogP contribution in [0.3, 0.4) is 0 Å². The Morgan fingerprint density at radius 3 is 2.38 bits per heavy atom. The van der Waals surface area contributed by atoms with E-state index in [1.54, 1.807) is 0 Å². The highest BCUT2D eigenvalue weighted by molar-refractivity contribution is 5.33. The van der Waals surface area contributed by atoms with Gasteiger partial charge in [0.05, 0.1) is 12.7 Å². The van der Waals surface area contributed by atoms with E-state index in [9.17, 15) is 0 Å². The van der Waals surface area contributed by atoms with Crippen molar-refractivity contribution < 1.29 is 9.47 Å². The van der Waals surface area contributed by atoms with Crippen LogP contribution in [0.2, 0.25) is 0 Å².